The fourth-order valence-corrected chi connectivity index (χ4v) is 2.88. The van der Waals surface area contributed by atoms with Crippen molar-refractivity contribution in [1.29, 1.82) is 0 Å². The average Bonchev–Trinajstić information content (AvgIpc) is 3.11. The second kappa shape index (κ2) is 9.20. The van der Waals surface area contributed by atoms with Gasteiger partial charge in [0.1, 0.15) is 12.1 Å². The minimum absolute atomic E-state index is 0.0145. The van der Waals surface area contributed by atoms with Gasteiger partial charge in [-0.05, 0) is 57.9 Å². The Morgan fingerprint density at radius 1 is 1.07 bits per heavy atom. The lowest BCUT2D eigenvalue weighted by atomic mass is 10.1. The highest BCUT2D eigenvalue weighted by Gasteiger charge is 2.34. The maximum Gasteiger partial charge on any atom is 0.325 e. The van der Waals surface area contributed by atoms with E-state index in [9.17, 15) is 19.2 Å². The second-order valence-electron chi connectivity index (χ2n) is 7.06. The number of anilines is 1. The van der Waals surface area contributed by atoms with Crippen molar-refractivity contribution in [3.05, 3.63) is 29.8 Å². The van der Waals surface area contributed by atoms with Gasteiger partial charge in [0.05, 0.1) is 0 Å². The molecule has 28 heavy (non-hydrogen) atoms. The van der Waals surface area contributed by atoms with E-state index >= 15 is 0 Å². The van der Waals surface area contributed by atoms with Crippen molar-refractivity contribution < 1.29 is 24.3 Å². The molecule has 0 spiro atoms. The Bertz CT molecular complexity index is 747. The highest BCUT2D eigenvalue weighted by molar-refractivity contribution is 5.99. The number of hydrogen-bond donors (Lipinski definition) is 4. The topological polar surface area (TPSA) is 128 Å². The molecule has 1 heterocycles. The number of carbonyl (C=O) groups excluding carboxylic acids is 3. The molecule has 1 unspecified atom stereocenters. The van der Waals surface area contributed by atoms with Gasteiger partial charge in [-0.1, -0.05) is 0 Å². The van der Waals surface area contributed by atoms with Gasteiger partial charge in [-0.3, -0.25) is 14.4 Å². The minimum Gasteiger partial charge on any atom is -0.480 e. The average molecular weight is 390 g/mol. The molecule has 1 aliphatic rings. The Kier molecular flexibility index (Phi) is 6.97. The summed E-state index contributed by atoms with van der Waals surface area (Å²) in [5.41, 5.74) is 0.772. The summed E-state index contributed by atoms with van der Waals surface area (Å²) in [5.74, 6) is -1.92. The first kappa shape index (κ1) is 21.2. The number of aliphatic carboxylic acids is 1. The molecular weight excluding hydrogens is 364 g/mol. The molecule has 1 aromatic carbocycles. The van der Waals surface area contributed by atoms with E-state index in [2.05, 4.69) is 16.0 Å². The molecule has 1 aromatic rings. The number of urea groups is 1. The zero-order chi connectivity index (χ0) is 20.8. The Hall–Kier alpha value is -3.10. The van der Waals surface area contributed by atoms with Crippen LogP contribution in [0.2, 0.25) is 0 Å². The van der Waals surface area contributed by atoms with E-state index < -0.39 is 24.0 Å². The number of nitrogens with zero attached hydrogens (tertiary/aromatic N) is 1. The van der Waals surface area contributed by atoms with Crippen LogP contribution >= 0.6 is 0 Å². The molecule has 4 N–H and O–H groups in total. The van der Waals surface area contributed by atoms with E-state index in [0.717, 1.165) is 6.42 Å². The van der Waals surface area contributed by atoms with Crippen LogP contribution in [-0.4, -0.2) is 58.5 Å². The summed E-state index contributed by atoms with van der Waals surface area (Å²) in [6.07, 6.45) is 1.34. The van der Waals surface area contributed by atoms with Crippen molar-refractivity contribution in [2.24, 2.45) is 0 Å². The lowest BCUT2D eigenvalue weighted by molar-refractivity contribution is -0.138. The Labute approximate surface area is 163 Å². The van der Waals surface area contributed by atoms with Crippen LogP contribution in [0.1, 0.15) is 44.0 Å². The molecule has 0 saturated carbocycles. The number of rotatable bonds is 6. The van der Waals surface area contributed by atoms with Crippen LogP contribution in [0, 0.1) is 0 Å². The molecule has 1 fully saturated rings. The molecule has 1 aliphatic heterocycles. The highest BCUT2D eigenvalue weighted by atomic mass is 16.4. The van der Waals surface area contributed by atoms with Crippen molar-refractivity contribution in [2.75, 3.05) is 11.9 Å². The van der Waals surface area contributed by atoms with Gasteiger partial charge in [-0.2, -0.15) is 0 Å². The second-order valence-corrected chi connectivity index (χ2v) is 7.06. The number of hydrogen-bond acceptors (Lipinski definition) is 4. The Morgan fingerprint density at radius 3 is 2.29 bits per heavy atom. The molecule has 0 aromatic heterocycles. The summed E-state index contributed by atoms with van der Waals surface area (Å²) >= 11 is 0. The van der Waals surface area contributed by atoms with Gasteiger partial charge in [0, 0.05) is 23.8 Å². The highest BCUT2D eigenvalue weighted by Crippen LogP contribution is 2.20. The van der Waals surface area contributed by atoms with Crippen molar-refractivity contribution in [2.45, 2.75) is 51.7 Å². The summed E-state index contributed by atoms with van der Waals surface area (Å²) < 4.78 is 0. The maximum absolute atomic E-state index is 12.6. The summed E-state index contributed by atoms with van der Waals surface area (Å²) in [6.45, 7) is 5.62. The molecule has 2 rings (SSSR count). The van der Waals surface area contributed by atoms with Gasteiger partial charge < -0.3 is 26.0 Å². The van der Waals surface area contributed by atoms with E-state index in [-0.39, 0.29) is 23.5 Å². The third-order valence-corrected chi connectivity index (χ3v) is 4.36. The summed E-state index contributed by atoms with van der Waals surface area (Å²) in [4.78, 5) is 49.1. The standard InChI is InChI=1S/C19H26N4O5/c1-11(2)20-19(28)23-10-4-5-15(23)17(25)22-14-8-6-13(7-9-14)16(24)21-12(3)18(26)27/h6-9,11-12,15H,4-5,10H2,1-3H3,(H,20,28)(H,21,24)(H,22,25)(H,26,27)/t12?,15-/m0/s1. The summed E-state index contributed by atoms with van der Waals surface area (Å²) in [6, 6.07) is 4.30. The number of benzene rings is 1. The molecule has 152 valence electrons. The lowest BCUT2D eigenvalue weighted by Crippen LogP contribution is -2.49. The van der Waals surface area contributed by atoms with Gasteiger partial charge >= 0.3 is 12.0 Å². The number of nitrogens with one attached hydrogen (secondary N) is 3. The fraction of sp³-hybridized carbons (Fsp3) is 0.474. The Morgan fingerprint density at radius 2 is 1.71 bits per heavy atom. The monoisotopic (exact) mass is 390 g/mol. The number of amides is 4. The molecular formula is C19H26N4O5. The zero-order valence-electron chi connectivity index (χ0n) is 16.2. The maximum atomic E-state index is 12.6. The number of carbonyl (C=O) groups is 4. The molecule has 1 saturated heterocycles. The van der Waals surface area contributed by atoms with Crippen molar-refractivity contribution in [3.63, 3.8) is 0 Å². The van der Waals surface area contributed by atoms with Crippen molar-refractivity contribution in [1.82, 2.24) is 15.5 Å². The summed E-state index contributed by atoms with van der Waals surface area (Å²) in [5, 5.41) is 16.8. The molecule has 4 amide bonds. The van der Waals surface area contributed by atoms with Gasteiger partial charge in [-0.25, -0.2) is 4.79 Å². The Balaban J connectivity index is 1.97. The number of carboxylic acid groups (broad SMARTS) is 1. The van der Waals surface area contributed by atoms with Crippen LogP contribution in [0.15, 0.2) is 24.3 Å². The smallest absolute Gasteiger partial charge is 0.325 e. The van der Waals surface area contributed by atoms with Crippen LogP contribution in [0.3, 0.4) is 0 Å². The molecule has 0 bridgehead atoms. The number of likely N-dealkylation sites (tertiary alicyclic amines) is 1. The SMILES string of the molecule is CC(C)NC(=O)N1CCC[C@H]1C(=O)Nc1ccc(C(=O)NC(C)C(=O)O)cc1. The normalized spacial score (nSPS) is 17.1. The minimum atomic E-state index is -1.13. The van der Waals surface area contributed by atoms with E-state index in [1.807, 2.05) is 13.8 Å². The molecule has 9 heteroatoms. The van der Waals surface area contributed by atoms with Crippen molar-refractivity contribution >= 4 is 29.5 Å². The van der Waals surface area contributed by atoms with Crippen LogP contribution in [-0.2, 0) is 9.59 Å². The third-order valence-electron chi connectivity index (χ3n) is 4.36. The van der Waals surface area contributed by atoms with Crippen molar-refractivity contribution in [3.8, 4) is 0 Å². The molecule has 2 atom stereocenters. The van der Waals surface area contributed by atoms with Crippen LogP contribution in [0.5, 0.6) is 0 Å². The van der Waals surface area contributed by atoms with E-state index in [0.29, 0.717) is 18.7 Å². The summed E-state index contributed by atoms with van der Waals surface area (Å²) in [7, 11) is 0. The van der Waals surface area contributed by atoms with Crippen LogP contribution < -0.4 is 16.0 Å². The predicted molar refractivity (Wildman–Crippen MR) is 103 cm³/mol. The third kappa shape index (κ3) is 5.45. The first-order valence-electron chi connectivity index (χ1n) is 9.20. The van der Waals surface area contributed by atoms with Crippen LogP contribution in [0.25, 0.3) is 0 Å². The molecule has 0 radical (unpaired) electrons. The first-order valence-corrected chi connectivity index (χ1v) is 9.20. The van der Waals surface area contributed by atoms with Gasteiger partial charge in [0.25, 0.3) is 5.91 Å². The zero-order valence-corrected chi connectivity index (χ0v) is 16.2. The van der Waals surface area contributed by atoms with Crippen LogP contribution in [0.4, 0.5) is 10.5 Å². The van der Waals surface area contributed by atoms with Gasteiger partial charge in [0.15, 0.2) is 0 Å². The molecule has 0 aliphatic carbocycles. The first-order chi connectivity index (χ1) is 13.2. The van der Waals surface area contributed by atoms with Gasteiger partial charge in [0.2, 0.25) is 5.91 Å². The van der Waals surface area contributed by atoms with E-state index in [4.69, 9.17) is 5.11 Å². The lowest BCUT2D eigenvalue weighted by Gasteiger charge is -2.25. The van der Waals surface area contributed by atoms with E-state index in [1.165, 1.54) is 24.0 Å². The van der Waals surface area contributed by atoms with Gasteiger partial charge in [-0.15, -0.1) is 0 Å². The number of carboxylic acids is 1. The van der Waals surface area contributed by atoms with E-state index in [1.54, 1.807) is 12.1 Å². The fourth-order valence-electron chi connectivity index (χ4n) is 2.88. The predicted octanol–water partition coefficient (Wildman–Crippen LogP) is 1.41. The quantitative estimate of drug-likeness (QED) is 0.584. The largest absolute Gasteiger partial charge is 0.480 e. The molecule has 9 nitrogen and oxygen atoms in total.